The lowest BCUT2D eigenvalue weighted by Gasteiger charge is -2.20. The molecule has 31 heavy (non-hydrogen) atoms. The number of carbonyl (C=O) groups excluding carboxylic acids is 1. The number of nitrogens with one attached hydrogen (secondary N) is 1. The van der Waals surface area contributed by atoms with Crippen molar-refractivity contribution in [2.75, 3.05) is 13.7 Å². The number of carboxylic acid groups (broad SMARTS) is 1. The first-order valence-corrected chi connectivity index (χ1v) is 8.94. The number of methoxy groups -OCH3 is 1. The summed E-state index contributed by atoms with van der Waals surface area (Å²) in [4.78, 5) is 35.0. The van der Waals surface area contributed by atoms with Gasteiger partial charge in [0.25, 0.3) is 0 Å². The van der Waals surface area contributed by atoms with E-state index in [0.29, 0.717) is 5.56 Å². The van der Waals surface area contributed by atoms with Crippen LogP contribution in [0.2, 0.25) is 0 Å². The molecule has 0 spiro atoms. The molecule has 0 aromatic carbocycles. The second-order valence-electron chi connectivity index (χ2n) is 6.68. The quantitative estimate of drug-likeness (QED) is 0.681. The van der Waals surface area contributed by atoms with Crippen molar-refractivity contribution in [1.82, 2.24) is 25.2 Å². The molecule has 13 heteroatoms. The highest BCUT2D eigenvalue weighted by Gasteiger charge is 2.40. The third kappa shape index (κ3) is 4.98. The van der Waals surface area contributed by atoms with E-state index in [9.17, 15) is 27.2 Å². The third-order valence-corrected chi connectivity index (χ3v) is 4.62. The molecule has 0 bridgehead atoms. The Morgan fingerprint density at radius 1 is 1.26 bits per heavy atom. The van der Waals surface area contributed by atoms with Gasteiger partial charge in [-0.2, -0.15) is 13.2 Å². The molecule has 2 aromatic rings. The topological polar surface area (TPSA) is 118 Å². The van der Waals surface area contributed by atoms with Gasteiger partial charge >= 0.3 is 12.3 Å². The SMILES string of the molecule is COc1cnc(-c2cnc(C(F)(F)F)nc2)cc1CNC(=O)[C@H]1C[C@@H](F)CN1C(=O)O. The second-order valence-corrected chi connectivity index (χ2v) is 6.68. The van der Waals surface area contributed by atoms with Crippen LogP contribution in [0.1, 0.15) is 17.8 Å². The minimum Gasteiger partial charge on any atom is -0.495 e. The van der Waals surface area contributed by atoms with Crippen molar-refractivity contribution in [3.63, 3.8) is 0 Å². The lowest BCUT2D eigenvalue weighted by Crippen LogP contribution is -2.45. The van der Waals surface area contributed by atoms with E-state index in [1.165, 1.54) is 19.4 Å². The minimum atomic E-state index is -4.68. The number of rotatable bonds is 5. The predicted molar refractivity (Wildman–Crippen MR) is 96.7 cm³/mol. The average molecular weight is 443 g/mol. The fourth-order valence-electron chi connectivity index (χ4n) is 3.12. The summed E-state index contributed by atoms with van der Waals surface area (Å²) in [7, 11) is 1.36. The number of hydrogen-bond donors (Lipinski definition) is 2. The summed E-state index contributed by atoms with van der Waals surface area (Å²) in [5.74, 6) is -1.69. The van der Waals surface area contributed by atoms with Crippen LogP contribution >= 0.6 is 0 Å². The first kappa shape index (κ1) is 22.2. The fourth-order valence-corrected chi connectivity index (χ4v) is 3.12. The second kappa shape index (κ2) is 8.70. The van der Waals surface area contributed by atoms with Crippen molar-refractivity contribution in [1.29, 1.82) is 0 Å². The summed E-state index contributed by atoms with van der Waals surface area (Å²) < 4.78 is 56.6. The fraction of sp³-hybridized carbons (Fsp3) is 0.389. The van der Waals surface area contributed by atoms with Gasteiger partial charge in [-0.05, 0) is 6.07 Å². The number of aromatic nitrogens is 3. The van der Waals surface area contributed by atoms with Crippen LogP contribution in [0.25, 0.3) is 11.3 Å². The van der Waals surface area contributed by atoms with Gasteiger partial charge in [0.2, 0.25) is 11.7 Å². The Kier molecular flexibility index (Phi) is 6.22. The molecule has 1 fully saturated rings. The number of hydrogen-bond acceptors (Lipinski definition) is 6. The number of alkyl halides is 4. The van der Waals surface area contributed by atoms with Crippen molar-refractivity contribution in [3.05, 3.63) is 36.0 Å². The zero-order chi connectivity index (χ0) is 22.8. The summed E-state index contributed by atoms with van der Waals surface area (Å²) in [5, 5.41) is 11.6. The summed E-state index contributed by atoms with van der Waals surface area (Å²) in [6.45, 7) is -0.496. The van der Waals surface area contributed by atoms with Gasteiger partial charge in [-0.1, -0.05) is 0 Å². The lowest BCUT2D eigenvalue weighted by atomic mass is 10.1. The zero-order valence-corrected chi connectivity index (χ0v) is 16.1. The van der Waals surface area contributed by atoms with Gasteiger partial charge in [-0.25, -0.2) is 19.2 Å². The largest absolute Gasteiger partial charge is 0.495 e. The van der Waals surface area contributed by atoms with E-state index >= 15 is 0 Å². The van der Waals surface area contributed by atoms with E-state index < -0.39 is 36.2 Å². The van der Waals surface area contributed by atoms with E-state index in [4.69, 9.17) is 9.84 Å². The van der Waals surface area contributed by atoms with Crippen molar-refractivity contribution in [2.24, 2.45) is 0 Å². The van der Waals surface area contributed by atoms with Crippen LogP contribution in [-0.4, -0.2) is 62.8 Å². The molecule has 0 radical (unpaired) electrons. The van der Waals surface area contributed by atoms with Crippen LogP contribution in [0.5, 0.6) is 5.75 Å². The van der Waals surface area contributed by atoms with Gasteiger partial charge in [0.05, 0.1) is 25.5 Å². The highest BCUT2D eigenvalue weighted by molar-refractivity contribution is 5.86. The maximum absolute atomic E-state index is 13.6. The number of likely N-dealkylation sites (tertiary alicyclic amines) is 1. The maximum atomic E-state index is 13.6. The van der Waals surface area contributed by atoms with E-state index in [2.05, 4.69) is 20.3 Å². The molecule has 1 aliphatic rings. The van der Waals surface area contributed by atoms with Crippen molar-refractivity contribution in [2.45, 2.75) is 31.4 Å². The van der Waals surface area contributed by atoms with Crippen LogP contribution in [0.15, 0.2) is 24.7 Å². The molecule has 2 atom stereocenters. The molecule has 1 saturated heterocycles. The van der Waals surface area contributed by atoms with Crippen LogP contribution in [0.3, 0.4) is 0 Å². The van der Waals surface area contributed by atoms with Gasteiger partial charge in [0, 0.05) is 36.5 Å². The van der Waals surface area contributed by atoms with Gasteiger partial charge in [0.1, 0.15) is 18.0 Å². The molecule has 2 N–H and O–H groups in total. The Bertz CT molecular complexity index is 970. The van der Waals surface area contributed by atoms with Gasteiger partial charge in [-0.15, -0.1) is 0 Å². The summed E-state index contributed by atoms with van der Waals surface area (Å²) in [6, 6.07) is 0.301. The van der Waals surface area contributed by atoms with Crippen LogP contribution in [-0.2, 0) is 17.5 Å². The molecule has 0 aliphatic carbocycles. The standard InChI is InChI=1S/C18H17F4N5O4/c1-31-14-7-23-12(10-5-25-16(26-6-10)18(20,21)22)2-9(14)4-24-15(28)13-3-11(19)8-27(13)17(29)30/h2,5-7,11,13H,3-4,8H2,1H3,(H,24,28)(H,29,30)/t11-,13-/m1/s1. The van der Waals surface area contributed by atoms with Crippen molar-refractivity contribution >= 4 is 12.0 Å². The smallest absolute Gasteiger partial charge is 0.451 e. The first-order valence-electron chi connectivity index (χ1n) is 8.94. The Labute approximate surface area is 173 Å². The predicted octanol–water partition coefficient (Wildman–Crippen LogP) is 2.27. The van der Waals surface area contributed by atoms with E-state index in [0.717, 1.165) is 17.3 Å². The van der Waals surface area contributed by atoms with Crippen molar-refractivity contribution < 1.29 is 37.0 Å². The Balaban J connectivity index is 1.77. The molecule has 3 rings (SSSR count). The number of amides is 2. The molecule has 3 heterocycles. The maximum Gasteiger partial charge on any atom is 0.451 e. The van der Waals surface area contributed by atoms with Gasteiger partial charge in [0.15, 0.2) is 0 Å². The summed E-state index contributed by atoms with van der Waals surface area (Å²) in [5.41, 5.74) is 0.851. The molecule has 0 unspecified atom stereocenters. The molecule has 2 amide bonds. The number of nitrogens with zero attached hydrogens (tertiary/aromatic N) is 4. The van der Waals surface area contributed by atoms with E-state index in [1.807, 2.05) is 0 Å². The molecular formula is C18H17F4N5O4. The highest BCUT2D eigenvalue weighted by Crippen LogP contribution is 2.28. The van der Waals surface area contributed by atoms with E-state index in [1.54, 1.807) is 0 Å². The first-order chi connectivity index (χ1) is 14.6. The van der Waals surface area contributed by atoms with Gasteiger partial charge in [-0.3, -0.25) is 14.7 Å². The third-order valence-electron chi connectivity index (χ3n) is 4.62. The van der Waals surface area contributed by atoms with Crippen LogP contribution < -0.4 is 10.1 Å². The Hall–Kier alpha value is -3.51. The normalized spacial score (nSPS) is 18.7. The van der Waals surface area contributed by atoms with Gasteiger partial charge < -0.3 is 15.2 Å². The van der Waals surface area contributed by atoms with Crippen LogP contribution in [0, 0.1) is 0 Å². The molecule has 166 valence electrons. The lowest BCUT2D eigenvalue weighted by molar-refractivity contribution is -0.145. The number of halogens is 4. The molecular weight excluding hydrogens is 426 g/mol. The zero-order valence-electron chi connectivity index (χ0n) is 16.1. The molecule has 2 aromatic heterocycles. The molecule has 1 aliphatic heterocycles. The summed E-state index contributed by atoms with van der Waals surface area (Å²) >= 11 is 0. The van der Waals surface area contributed by atoms with Crippen molar-refractivity contribution in [3.8, 4) is 17.0 Å². The monoisotopic (exact) mass is 443 g/mol. The molecule has 0 saturated carbocycles. The minimum absolute atomic E-state index is 0.111. The average Bonchev–Trinajstić information content (AvgIpc) is 3.13. The van der Waals surface area contributed by atoms with Crippen LogP contribution in [0.4, 0.5) is 22.4 Å². The number of carbonyl (C=O) groups is 2. The number of ether oxygens (including phenoxy) is 1. The summed E-state index contributed by atoms with van der Waals surface area (Å²) in [6.07, 6.45) is -4.51. The Morgan fingerprint density at radius 3 is 2.52 bits per heavy atom. The highest BCUT2D eigenvalue weighted by atomic mass is 19.4. The molecule has 9 nitrogen and oxygen atoms in total. The number of pyridine rings is 1. The Morgan fingerprint density at radius 2 is 1.94 bits per heavy atom. The van der Waals surface area contributed by atoms with E-state index in [-0.39, 0.29) is 36.5 Å².